The first-order valence-corrected chi connectivity index (χ1v) is 4.55. The van der Waals surface area contributed by atoms with Crippen LogP contribution in [-0.2, 0) is 4.74 Å². The van der Waals surface area contributed by atoms with E-state index in [-0.39, 0.29) is 5.41 Å². The highest BCUT2D eigenvalue weighted by Gasteiger charge is 2.02. The van der Waals surface area contributed by atoms with Gasteiger partial charge in [0.2, 0.25) is 0 Å². The van der Waals surface area contributed by atoms with E-state index in [9.17, 15) is 0 Å². The van der Waals surface area contributed by atoms with Gasteiger partial charge < -0.3 is 4.74 Å². The molecule has 1 nitrogen and oxygen atoms in total. The normalized spacial score (nSPS) is 9.54. The summed E-state index contributed by atoms with van der Waals surface area (Å²) in [5.41, 5.74) is 0.0568. The molecule has 0 aromatic rings. The van der Waals surface area contributed by atoms with Gasteiger partial charge in [0.25, 0.3) is 0 Å². The van der Waals surface area contributed by atoms with Crippen molar-refractivity contribution in [3.63, 3.8) is 0 Å². The first-order chi connectivity index (χ1) is 6.06. The van der Waals surface area contributed by atoms with Crippen LogP contribution in [0.1, 0.15) is 33.6 Å². The SMILES string of the molecule is COCCCC#CC#CC(C)(C)C. The first-order valence-electron chi connectivity index (χ1n) is 4.55. The number of ether oxygens (including phenoxy) is 1. The second kappa shape index (κ2) is 6.58. The lowest BCUT2D eigenvalue weighted by atomic mass is 9.98. The van der Waals surface area contributed by atoms with Crippen LogP contribution in [0.2, 0.25) is 0 Å². The average molecular weight is 178 g/mol. The highest BCUT2D eigenvalue weighted by molar-refractivity contribution is 5.27. The molecule has 13 heavy (non-hydrogen) atoms. The Hall–Kier alpha value is -0.920. The number of hydrogen-bond acceptors (Lipinski definition) is 1. The fraction of sp³-hybridized carbons (Fsp3) is 0.667. The van der Waals surface area contributed by atoms with Crippen LogP contribution in [0.5, 0.6) is 0 Å². The predicted octanol–water partition coefficient (Wildman–Crippen LogP) is 2.47. The van der Waals surface area contributed by atoms with Crippen molar-refractivity contribution in [3.05, 3.63) is 0 Å². The quantitative estimate of drug-likeness (QED) is 0.476. The minimum atomic E-state index is 0.0568. The van der Waals surface area contributed by atoms with Gasteiger partial charge in [-0.2, -0.15) is 0 Å². The standard InChI is InChI=1S/C12H18O/c1-12(2,3)10-8-6-5-7-9-11-13-4/h7,9,11H2,1-4H3. The lowest BCUT2D eigenvalue weighted by Crippen LogP contribution is -1.98. The van der Waals surface area contributed by atoms with Gasteiger partial charge in [0.05, 0.1) is 0 Å². The fourth-order valence-electron chi connectivity index (χ4n) is 0.630. The highest BCUT2D eigenvalue weighted by atomic mass is 16.5. The second-order valence-electron chi connectivity index (χ2n) is 3.90. The van der Waals surface area contributed by atoms with Gasteiger partial charge in [0.15, 0.2) is 0 Å². The van der Waals surface area contributed by atoms with Gasteiger partial charge in [0.1, 0.15) is 0 Å². The largest absolute Gasteiger partial charge is 0.385 e. The summed E-state index contributed by atoms with van der Waals surface area (Å²) in [6.07, 6.45) is 1.85. The van der Waals surface area contributed by atoms with E-state index in [0.29, 0.717) is 0 Å². The summed E-state index contributed by atoms with van der Waals surface area (Å²) >= 11 is 0. The van der Waals surface area contributed by atoms with E-state index in [1.54, 1.807) is 7.11 Å². The second-order valence-corrected chi connectivity index (χ2v) is 3.90. The van der Waals surface area contributed by atoms with Gasteiger partial charge in [-0.15, -0.1) is 0 Å². The van der Waals surface area contributed by atoms with E-state index in [2.05, 4.69) is 44.5 Å². The molecule has 0 aliphatic rings. The molecule has 0 heterocycles. The summed E-state index contributed by atoms with van der Waals surface area (Å²) in [6.45, 7) is 7.01. The Kier molecular flexibility index (Phi) is 6.11. The van der Waals surface area contributed by atoms with Gasteiger partial charge in [-0.1, -0.05) is 11.8 Å². The molecule has 0 spiro atoms. The van der Waals surface area contributed by atoms with Crippen LogP contribution in [-0.4, -0.2) is 13.7 Å². The zero-order chi connectivity index (χ0) is 10.2. The van der Waals surface area contributed by atoms with Crippen molar-refractivity contribution in [1.82, 2.24) is 0 Å². The van der Waals surface area contributed by atoms with Crippen molar-refractivity contribution in [2.75, 3.05) is 13.7 Å². The van der Waals surface area contributed by atoms with Crippen LogP contribution in [0.4, 0.5) is 0 Å². The van der Waals surface area contributed by atoms with Crippen molar-refractivity contribution in [1.29, 1.82) is 0 Å². The van der Waals surface area contributed by atoms with Crippen molar-refractivity contribution < 1.29 is 4.74 Å². The van der Waals surface area contributed by atoms with E-state index >= 15 is 0 Å². The maximum atomic E-state index is 4.90. The lowest BCUT2D eigenvalue weighted by Gasteiger charge is -2.05. The van der Waals surface area contributed by atoms with Gasteiger partial charge in [-0.05, 0) is 39.0 Å². The van der Waals surface area contributed by atoms with Crippen LogP contribution in [0.3, 0.4) is 0 Å². The smallest absolute Gasteiger partial charge is 0.0471 e. The van der Waals surface area contributed by atoms with E-state index in [1.165, 1.54) is 0 Å². The molecule has 0 fully saturated rings. The summed E-state index contributed by atoms with van der Waals surface area (Å²) in [7, 11) is 1.70. The monoisotopic (exact) mass is 178 g/mol. The third-order valence-electron chi connectivity index (χ3n) is 1.24. The Bertz CT molecular complexity index is 236. The predicted molar refractivity (Wildman–Crippen MR) is 56.1 cm³/mol. The molecule has 0 amide bonds. The van der Waals surface area contributed by atoms with Gasteiger partial charge in [0, 0.05) is 25.6 Å². The number of hydrogen-bond donors (Lipinski definition) is 0. The molecule has 0 aliphatic heterocycles. The molecular weight excluding hydrogens is 160 g/mol. The van der Waals surface area contributed by atoms with E-state index < -0.39 is 0 Å². The molecular formula is C12H18O. The third kappa shape index (κ3) is 11.1. The molecule has 0 rings (SSSR count). The minimum absolute atomic E-state index is 0.0568. The van der Waals surface area contributed by atoms with Gasteiger partial charge in [-0.25, -0.2) is 0 Å². The maximum Gasteiger partial charge on any atom is 0.0471 e. The number of unbranched alkanes of at least 4 members (excludes halogenated alkanes) is 1. The first kappa shape index (κ1) is 12.1. The zero-order valence-electron chi connectivity index (χ0n) is 9.03. The van der Waals surface area contributed by atoms with E-state index in [1.807, 2.05) is 0 Å². The Morgan fingerprint density at radius 1 is 1.15 bits per heavy atom. The molecule has 0 aromatic heterocycles. The summed E-state index contributed by atoms with van der Waals surface area (Å²) < 4.78 is 4.90. The van der Waals surface area contributed by atoms with E-state index in [4.69, 9.17) is 4.74 Å². The van der Waals surface area contributed by atoms with Gasteiger partial charge in [-0.3, -0.25) is 0 Å². The topological polar surface area (TPSA) is 9.23 Å². The van der Waals surface area contributed by atoms with Crippen LogP contribution in [0.25, 0.3) is 0 Å². The molecule has 0 aliphatic carbocycles. The molecule has 0 bridgehead atoms. The Balaban J connectivity index is 3.65. The molecule has 0 radical (unpaired) electrons. The Labute approximate surface area is 81.9 Å². The summed E-state index contributed by atoms with van der Waals surface area (Å²) in [5, 5.41) is 0. The highest BCUT2D eigenvalue weighted by Crippen LogP contribution is 2.09. The van der Waals surface area contributed by atoms with Gasteiger partial charge >= 0.3 is 0 Å². The molecule has 0 aromatic carbocycles. The summed E-state index contributed by atoms with van der Waals surface area (Å²) in [4.78, 5) is 0. The van der Waals surface area contributed by atoms with Crippen LogP contribution in [0, 0.1) is 29.1 Å². The summed E-state index contributed by atoms with van der Waals surface area (Å²) in [6, 6.07) is 0. The van der Waals surface area contributed by atoms with Crippen LogP contribution < -0.4 is 0 Å². The minimum Gasteiger partial charge on any atom is -0.385 e. The van der Waals surface area contributed by atoms with Crippen molar-refractivity contribution in [3.8, 4) is 23.7 Å². The molecule has 0 saturated carbocycles. The van der Waals surface area contributed by atoms with Crippen LogP contribution >= 0.6 is 0 Å². The molecule has 0 unspecified atom stereocenters. The number of rotatable bonds is 3. The zero-order valence-corrected chi connectivity index (χ0v) is 9.03. The number of methoxy groups -OCH3 is 1. The van der Waals surface area contributed by atoms with E-state index in [0.717, 1.165) is 19.4 Å². The van der Waals surface area contributed by atoms with Crippen molar-refractivity contribution in [2.24, 2.45) is 5.41 Å². The Morgan fingerprint density at radius 3 is 2.38 bits per heavy atom. The average Bonchev–Trinajstić information content (AvgIpc) is 2.01. The molecule has 0 saturated heterocycles. The third-order valence-corrected chi connectivity index (χ3v) is 1.24. The lowest BCUT2D eigenvalue weighted by molar-refractivity contribution is 0.196. The van der Waals surface area contributed by atoms with Crippen molar-refractivity contribution >= 4 is 0 Å². The Morgan fingerprint density at radius 2 is 1.85 bits per heavy atom. The fourth-order valence-corrected chi connectivity index (χ4v) is 0.630. The molecule has 1 heteroatoms. The molecule has 0 atom stereocenters. The maximum absolute atomic E-state index is 4.90. The molecule has 0 N–H and O–H groups in total. The molecule has 72 valence electrons. The van der Waals surface area contributed by atoms with Crippen molar-refractivity contribution in [2.45, 2.75) is 33.6 Å². The van der Waals surface area contributed by atoms with Crippen LogP contribution in [0.15, 0.2) is 0 Å². The summed E-state index contributed by atoms with van der Waals surface area (Å²) in [5.74, 6) is 11.7.